The van der Waals surface area contributed by atoms with Gasteiger partial charge in [0.1, 0.15) is 17.1 Å². The fraction of sp³-hybridized carbons (Fsp3) is 0.472. The Morgan fingerprint density at radius 3 is 2.34 bits per heavy atom. The average Bonchev–Trinajstić information content (AvgIpc) is 3.56. The lowest BCUT2D eigenvalue weighted by Gasteiger charge is -2.35. The van der Waals surface area contributed by atoms with E-state index in [0.29, 0.717) is 23.7 Å². The van der Waals surface area contributed by atoms with Gasteiger partial charge < -0.3 is 23.7 Å². The van der Waals surface area contributed by atoms with Crippen LogP contribution in [0.5, 0.6) is 17.2 Å². The summed E-state index contributed by atoms with van der Waals surface area (Å²) >= 11 is 0. The molecule has 1 fully saturated rings. The van der Waals surface area contributed by atoms with Crippen LogP contribution in [0.25, 0.3) is 11.1 Å². The molecule has 2 atom stereocenters. The molecule has 0 spiro atoms. The van der Waals surface area contributed by atoms with Gasteiger partial charge in [0.15, 0.2) is 11.5 Å². The van der Waals surface area contributed by atoms with Crippen LogP contribution in [0.4, 0.5) is 4.79 Å². The molecule has 1 amide bonds. The van der Waals surface area contributed by atoms with Crippen LogP contribution in [0.3, 0.4) is 0 Å². The largest absolute Gasteiger partial charge is 0.497 e. The van der Waals surface area contributed by atoms with Crippen molar-refractivity contribution >= 4 is 16.1 Å². The molecule has 0 bridgehead atoms. The van der Waals surface area contributed by atoms with E-state index in [1.165, 1.54) is 11.4 Å². The number of methoxy groups -OCH3 is 1. The van der Waals surface area contributed by atoms with E-state index in [2.05, 4.69) is 6.07 Å². The van der Waals surface area contributed by atoms with Crippen LogP contribution in [0.15, 0.2) is 71.6 Å². The number of sulfonamides is 1. The highest BCUT2D eigenvalue weighted by atomic mass is 32.2. The van der Waals surface area contributed by atoms with Crippen molar-refractivity contribution in [3.05, 3.63) is 72.3 Å². The third-order valence-electron chi connectivity index (χ3n) is 8.10. The molecule has 5 rings (SSSR count). The molecule has 0 aliphatic carbocycles. The molecule has 3 aromatic carbocycles. The van der Waals surface area contributed by atoms with E-state index in [-0.39, 0.29) is 30.7 Å². The monoisotopic (exact) mass is 666 g/mol. The first-order valence-electron chi connectivity index (χ1n) is 15.9. The maximum Gasteiger partial charge on any atom is 0.412 e. The molecule has 2 aliphatic heterocycles. The molecule has 3 aromatic rings. The van der Waals surface area contributed by atoms with Gasteiger partial charge in [-0.15, -0.1) is 0 Å². The number of hydrogen-bond donors (Lipinski definition) is 0. The summed E-state index contributed by atoms with van der Waals surface area (Å²) in [5, 5.41) is 0. The maximum atomic E-state index is 14.1. The first-order chi connectivity index (χ1) is 22.1. The number of carbonyl (C=O) groups excluding carboxylic acids is 1. The van der Waals surface area contributed by atoms with Crippen molar-refractivity contribution in [2.45, 2.75) is 83.3 Å². The van der Waals surface area contributed by atoms with Crippen molar-refractivity contribution in [3.8, 4) is 28.4 Å². The Morgan fingerprint density at radius 1 is 1.00 bits per heavy atom. The molecule has 0 N–H and O–H groups in total. The zero-order chi connectivity index (χ0) is 34.1. The van der Waals surface area contributed by atoms with E-state index < -0.39 is 39.6 Å². The Balaban J connectivity index is 1.50. The molecule has 0 saturated carbocycles. The van der Waals surface area contributed by atoms with Crippen LogP contribution in [0.1, 0.15) is 54.0 Å². The van der Waals surface area contributed by atoms with Gasteiger partial charge in [0.05, 0.1) is 24.2 Å². The predicted molar refractivity (Wildman–Crippen MR) is 179 cm³/mol. The quantitative estimate of drug-likeness (QED) is 0.235. The van der Waals surface area contributed by atoms with Crippen molar-refractivity contribution < 1.29 is 36.9 Å². The van der Waals surface area contributed by atoms with E-state index >= 15 is 0 Å². The highest BCUT2D eigenvalue weighted by Crippen LogP contribution is 2.39. The molecule has 10 nitrogen and oxygen atoms in total. The number of rotatable bonds is 10. The Kier molecular flexibility index (Phi) is 9.82. The molecule has 254 valence electrons. The highest BCUT2D eigenvalue weighted by molar-refractivity contribution is 7.89. The molecule has 0 unspecified atom stereocenters. The predicted octanol–water partition coefficient (Wildman–Crippen LogP) is 6.72. The van der Waals surface area contributed by atoms with Gasteiger partial charge in [-0.3, -0.25) is 4.90 Å². The van der Waals surface area contributed by atoms with Crippen LogP contribution in [-0.2, 0) is 25.9 Å². The SMILES string of the molecule is COc1ccc(S(=O)(=O)N(CC(C)C)C[C@@H]2OC(C)(C)N(C(=O)OC(C)(C)C)[C@H]2Cc2cccc(-c3ccc4c(c3)OCO4)c2)cc1. The lowest BCUT2D eigenvalue weighted by molar-refractivity contribution is -0.0806. The van der Waals surface area contributed by atoms with E-state index in [1.54, 1.807) is 29.2 Å². The summed E-state index contributed by atoms with van der Waals surface area (Å²) in [6, 6.07) is 19.7. The minimum atomic E-state index is -3.92. The first kappa shape index (κ1) is 34.5. The summed E-state index contributed by atoms with van der Waals surface area (Å²) in [7, 11) is -2.38. The topological polar surface area (TPSA) is 104 Å². The second kappa shape index (κ2) is 13.4. The van der Waals surface area contributed by atoms with Crippen LogP contribution < -0.4 is 14.2 Å². The fourth-order valence-corrected chi connectivity index (χ4v) is 7.71. The van der Waals surface area contributed by atoms with Gasteiger partial charge in [0.25, 0.3) is 0 Å². The zero-order valence-corrected chi connectivity index (χ0v) is 29.3. The summed E-state index contributed by atoms with van der Waals surface area (Å²) in [5.41, 5.74) is 1.09. The standard InChI is InChI=1S/C36H46N2O8S/c1-24(2)21-37(47(40,41)29-15-13-28(42-8)14-16-29)22-33-30(38(36(6,7)45-33)34(39)46-35(3,4)5)19-25-10-9-11-26(18-25)27-12-17-31-32(20-27)44-23-43-31/h9-18,20,24,30,33H,19,21-23H2,1-8H3/t30-,33-/m0/s1. The second-order valence-corrected chi connectivity index (χ2v) is 15.8. The lowest BCUT2D eigenvalue weighted by Crippen LogP contribution is -2.52. The van der Waals surface area contributed by atoms with Crippen LogP contribution in [0, 0.1) is 5.92 Å². The molecule has 11 heteroatoms. The average molecular weight is 667 g/mol. The van der Waals surface area contributed by atoms with Crippen LogP contribution in [0.2, 0.25) is 0 Å². The van der Waals surface area contributed by atoms with Crippen molar-refractivity contribution in [1.29, 1.82) is 0 Å². The van der Waals surface area contributed by atoms with Gasteiger partial charge in [-0.25, -0.2) is 13.2 Å². The third kappa shape index (κ3) is 7.85. The Morgan fingerprint density at radius 2 is 1.68 bits per heavy atom. The van der Waals surface area contributed by atoms with Gasteiger partial charge in [0, 0.05) is 13.1 Å². The minimum Gasteiger partial charge on any atom is -0.497 e. The van der Waals surface area contributed by atoms with E-state index in [9.17, 15) is 13.2 Å². The Bertz CT molecular complexity index is 1680. The molecular formula is C36H46N2O8S. The van der Waals surface area contributed by atoms with Crippen LogP contribution >= 0.6 is 0 Å². The Hall–Kier alpha value is -3.80. The Labute approximate surface area is 278 Å². The summed E-state index contributed by atoms with van der Waals surface area (Å²) in [6.07, 6.45) is -0.766. The summed E-state index contributed by atoms with van der Waals surface area (Å²) in [5.74, 6) is 2.01. The number of amides is 1. The molecule has 47 heavy (non-hydrogen) atoms. The number of carbonyl (C=O) groups is 1. The normalized spacial score (nSPS) is 19.0. The van der Waals surface area contributed by atoms with Crippen molar-refractivity contribution in [2.75, 3.05) is 27.0 Å². The van der Waals surface area contributed by atoms with Crippen LogP contribution in [-0.4, -0.2) is 74.2 Å². The zero-order valence-electron chi connectivity index (χ0n) is 28.5. The van der Waals surface area contributed by atoms with Gasteiger partial charge in [-0.1, -0.05) is 44.2 Å². The van der Waals surface area contributed by atoms with Gasteiger partial charge >= 0.3 is 6.09 Å². The van der Waals surface area contributed by atoms with Crippen molar-refractivity contribution in [2.24, 2.45) is 5.92 Å². The first-order valence-corrected chi connectivity index (χ1v) is 17.3. The fourth-order valence-electron chi connectivity index (χ4n) is 6.09. The molecule has 1 saturated heterocycles. The molecular weight excluding hydrogens is 620 g/mol. The lowest BCUT2D eigenvalue weighted by atomic mass is 9.96. The summed E-state index contributed by atoms with van der Waals surface area (Å²) in [6.45, 7) is 13.6. The smallest absolute Gasteiger partial charge is 0.412 e. The molecule has 2 aliphatic rings. The van der Waals surface area contributed by atoms with Gasteiger partial charge in [-0.2, -0.15) is 4.31 Å². The van der Waals surface area contributed by atoms with E-state index in [4.69, 9.17) is 23.7 Å². The molecule has 0 radical (unpaired) electrons. The van der Waals surface area contributed by atoms with Gasteiger partial charge in [0.2, 0.25) is 16.8 Å². The van der Waals surface area contributed by atoms with E-state index in [1.807, 2.05) is 84.9 Å². The summed E-state index contributed by atoms with van der Waals surface area (Å²) < 4.78 is 58.4. The van der Waals surface area contributed by atoms with Crippen molar-refractivity contribution in [1.82, 2.24) is 9.21 Å². The molecule has 2 heterocycles. The van der Waals surface area contributed by atoms with Gasteiger partial charge in [-0.05, 0) is 100 Å². The summed E-state index contributed by atoms with van der Waals surface area (Å²) in [4.78, 5) is 15.6. The van der Waals surface area contributed by atoms with E-state index in [0.717, 1.165) is 16.7 Å². The van der Waals surface area contributed by atoms with Crippen molar-refractivity contribution in [3.63, 3.8) is 0 Å². The number of nitrogens with zero attached hydrogens (tertiary/aromatic N) is 2. The minimum absolute atomic E-state index is 0.0382. The second-order valence-electron chi connectivity index (χ2n) is 13.9. The maximum absolute atomic E-state index is 14.1. The molecule has 0 aromatic heterocycles. The highest BCUT2D eigenvalue weighted by Gasteiger charge is 2.52. The number of ether oxygens (including phenoxy) is 5. The number of benzene rings is 3. The third-order valence-corrected chi connectivity index (χ3v) is 9.94. The number of fused-ring (bicyclic) bond motifs is 1. The number of hydrogen-bond acceptors (Lipinski definition) is 8.